The first-order valence-electron chi connectivity index (χ1n) is 4.27. The molecule has 1 aliphatic rings. The van der Waals surface area contributed by atoms with Gasteiger partial charge in [0, 0.05) is 26.4 Å². The summed E-state index contributed by atoms with van der Waals surface area (Å²) in [5.41, 5.74) is 0. The van der Waals surface area contributed by atoms with Crippen LogP contribution < -0.4 is 0 Å². The van der Waals surface area contributed by atoms with Crippen molar-refractivity contribution in [2.45, 2.75) is 19.8 Å². The summed E-state index contributed by atoms with van der Waals surface area (Å²) in [6.07, 6.45) is 1.92. The van der Waals surface area contributed by atoms with E-state index in [0.717, 1.165) is 12.8 Å². The molecule has 0 heterocycles. The summed E-state index contributed by atoms with van der Waals surface area (Å²) in [7, 11) is 3.62. The Morgan fingerprint density at radius 3 is 2.75 bits per heavy atom. The summed E-state index contributed by atoms with van der Waals surface area (Å²) in [4.78, 5) is 13.0. The molecule has 0 aromatic carbocycles. The van der Waals surface area contributed by atoms with Crippen LogP contribution in [0.3, 0.4) is 0 Å². The lowest BCUT2D eigenvalue weighted by atomic mass is 10.2. The van der Waals surface area contributed by atoms with Crippen molar-refractivity contribution in [3.05, 3.63) is 0 Å². The highest BCUT2D eigenvalue weighted by Gasteiger charge is 2.42. The first-order valence-corrected chi connectivity index (χ1v) is 4.27. The summed E-state index contributed by atoms with van der Waals surface area (Å²) in [5.74, 6) is 6.93. The second kappa shape index (κ2) is 3.62. The number of carbonyl (C=O) groups excluding carboxylic acids is 1. The molecule has 2 heteroatoms. The number of amides is 1. The number of carbonyl (C=O) groups is 1. The highest BCUT2D eigenvalue weighted by atomic mass is 16.2. The Bertz CT molecular complexity index is 234. The van der Waals surface area contributed by atoms with E-state index in [1.807, 2.05) is 21.0 Å². The summed E-state index contributed by atoms with van der Waals surface area (Å²) in [6.45, 7) is 1.84. The lowest BCUT2D eigenvalue weighted by molar-refractivity contribution is -0.130. The Balaban J connectivity index is 2.31. The number of hydrogen-bond acceptors (Lipinski definition) is 1. The van der Waals surface area contributed by atoms with Gasteiger partial charge in [0.05, 0.1) is 0 Å². The molecule has 0 aliphatic heterocycles. The summed E-state index contributed by atoms with van der Waals surface area (Å²) in [6, 6.07) is 0. The number of nitrogens with zero attached hydrogens (tertiary/aromatic N) is 1. The van der Waals surface area contributed by atoms with E-state index in [9.17, 15) is 4.79 Å². The molecule has 66 valence electrons. The third-order valence-corrected chi connectivity index (χ3v) is 2.22. The Morgan fingerprint density at radius 2 is 2.25 bits per heavy atom. The highest BCUT2D eigenvalue weighted by Crippen LogP contribution is 2.41. The molecule has 1 amide bonds. The summed E-state index contributed by atoms with van der Waals surface area (Å²) in [5, 5.41) is 0. The zero-order chi connectivity index (χ0) is 9.14. The van der Waals surface area contributed by atoms with Crippen LogP contribution in [0.1, 0.15) is 19.8 Å². The second-order valence-corrected chi connectivity index (χ2v) is 3.47. The maximum absolute atomic E-state index is 11.4. The first kappa shape index (κ1) is 9.12. The van der Waals surface area contributed by atoms with Crippen LogP contribution in [-0.4, -0.2) is 24.9 Å². The standard InChI is InChI=1S/C10H15NO/c1-4-5-6-8-7-9(8)10(12)11(2)3/h8-9H,6-7H2,1-3H3. The predicted octanol–water partition coefficient (Wildman–Crippen LogP) is 1.12. The molecule has 0 saturated heterocycles. The Morgan fingerprint density at radius 1 is 1.58 bits per heavy atom. The fourth-order valence-electron chi connectivity index (χ4n) is 1.34. The topological polar surface area (TPSA) is 20.3 Å². The van der Waals surface area contributed by atoms with Crippen LogP contribution in [0.2, 0.25) is 0 Å². The molecule has 1 rings (SSSR count). The molecule has 1 saturated carbocycles. The van der Waals surface area contributed by atoms with Crippen LogP contribution in [-0.2, 0) is 4.79 Å². The molecule has 2 nitrogen and oxygen atoms in total. The van der Waals surface area contributed by atoms with Gasteiger partial charge in [-0.15, -0.1) is 11.8 Å². The van der Waals surface area contributed by atoms with Gasteiger partial charge in [-0.1, -0.05) is 0 Å². The van der Waals surface area contributed by atoms with Gasteiger partial charge in [-0.25, -0.2) is 0 Å². The number of hydrogen-bond donors (Lipinski definition) is 0. The second-order valence-electron chi connectivity index (χ2n) is 3.47. The zero-order valence-corrected chi connectivity index (χ0v) is 7.92. The van der Waals surface area contributed by atoms with Crippen LogP contribution in [0.4, 0.5) is 0 Å². The molecule has 1 fully saturated rings. The van der Waals surface area contributed by atoms with Crippen LogP contribution in [0.5, 0.6) is 0 Å². The average molecular weight is 165 g/mol. The van der Waals surface area contributed by atoms with Gasteiger partial charge in [-0.2, -0.15) is 0 Å². The molecule has 2 atom stereocenters. The van der Waals surface area contributed by atoms with Gasteiger partial charge in [-0.05, 0) is 19.3 Å². The van der Waals surface area contributed by atoms with Crippen molar-refractivity contribution >= 4 is 5.91 Å². The van der Waals surface area contributed by atoms with Gasteiger partial charge in [0.1, 0.15) is 0 Å². The van der Waals surface area contributed by atoms with E-state index in [0.29, 0.717) is 5.92 Å². The van der Waals surface area contributed by atoms with Gasteiger partial charge in [0.2, 0.25) is 5.91 Å². The van der Waals surface area contributed by atoms with Crippen LogP contribution >= 0.6 is 0 Å². The SMILES string of the molecule is CC#CCC1CC1C(=O)N(C)C. The lowest BCUT2D eigenvalue weighted by Crippen LogP contribution is -2.23. The van der Waals surface area contributed by atoms with Crippen LogP contribution in [0.15, 0.2) is 0 Å². The van der Waals surface area contributed by atoms with Gasteiger partial charge in [-0.3, -0.25) is 4.79 Å². The van der Waals surface area contributed by atoms with Gasteiger partial charge in [0.25, 0.3) is 0 Å². The van der Waals surface area contributed by atoms with Crippen molar-refractivity contribution in [1.82, 2.24) is 4.90 Å². The quantitative estimate of drug-likeness (QED) is 0.561. The monoisotopic (exact) mass is 165 g/mol. The van der Waals surface area contributed by atoms with Crippen LogP contribution in [0.25, 0.3) is 0 Å². The third-order valence-electron chi connectivity index (χ3n) is 2.22. The van der Waals surface area contributed by atoms with E-state index in [-0.39, 0.29) is 11.8 Å². The maximum Gasteiger partial charge on any atom is 0.225 e. The highest BCUT2D eigenvalue weighted by molar-refractivity contribution is 5.81. The molecule has 1 aliphatic carbocycles. The van der Waals surface area contributed by atoms with Crippen molar-refractivity contribution in [2.24, 2.45) is 11.8 Å². The Hall–Kier alpha value is -0.970. The smallest absolute Gasteiger partial charge is 0.225 e. The third kappa shape index (κ3) is 2.01. The van der Waals surface area contributed by atoms with Crippen LogP contribution in [0, 0.1) is 23.7 Å². The molecule has 12 heavy (non-hydrogen) atoms. The van der Waals surface area contributed by atoms with E-state index in [2.05, 4.69) is 11.8 Å². The van der Waals surface area contributed by atoms with E-state index in [4.69, 9.17) is 0 Å². The number of rotatable bonds is 2. The van der Waals surface area contributed by atoms with Crippen molar-refractivity contribution < 1.29 is 4.79 Å². The fourth-order valence-corrected chi connectivity index (χ4v) is 1.34. The fraction of sp³-hybridized carbons (Fsp3) is 0.700. The molecule has 0 N–H and O–H groups in total. The minimum Gasteiger partial charge on any atom is -0.349 e. The van der Waals surface area contributed by atoms with Gasteiger partial charge < -0.3 is 4.90 Å². The molecule has 0 radical (unpaired) electrons. The van der Waals surface area contributed by atoms with Crippen molar-refractivity contribution in [1.29, 1.82) is 0 Å². The van der Waals surface area contributed by atoms with Crippen molar-refractivity contribution in [2.75, 3.05) is 14.1 Å². The Labute approximate surface area is 73.9 Å². The van der Waals surface area contributed by atoms with E-state index < -0.39 is 0 Å². The van der Waals surface area contributed by atoms with E-state index in [1.54, 1.807) is 4.90 Å². The van der Waals surface area contributed by atoms with Crippen molar-refractivity contribution in [3.8, 4) is 11.8 Å². The molecule has 0 aromatic heterocycles. The molecule has 0 bridgehead atoms. The molecular formula is C10H15NO. The zero-order valence-electron chi connectivity index (χ0n) is 7.92. The predicted molar refractivity (Wildman–Crippen MR) is 48.4 cm³/mol. The lowest BCUT2D eigenvalue weighted by Gasteiger charge is -2.08. The van der Waals surface area contributed by atoms with Gasteiger partial charge in [0.15, 0.2) is 0 Å². The minimum absolute atomic E-state index is 0.262. The molecule has 0 spiro atoms. The van der Waals surface area contributed by atoms with Gasteiger partial charge >= 0.3 is 0 Å². The maximum atomic E-state index is 11.4. The minimum atomic E-state index is 0.262. The largest absolute Gasteiger partial charge is 0.349 e. The average Bonchev–Trinajstić information content (AvgIpc) is 2.78. The molecule has 0 aromatic rings. The summed E-state index contributed by atoms with van der Waals surface area (Å²) < 4.78 is 0. The van der Waals surface area contributed by atoms with Crippen molar-refractivity contribution in [3.63, 3.8) is 0 Å². The summed E-state index contributed by atoms with van der Waals surface area (Å²) >= 11 is 0. The molecular weight excluding hydrogens is 150 g/mol. The first-order chi connectivity index (χ1) is 5.66. The normalized spacial score (nSPS) is 25.6. The van der Waals surface area contributed by atoms with E-state index >= 15 is 0 Å². The Kier molecular flexibility index (Phi) is 2.75. The van der Waals surface area contributed by atoms with E-state index in [1.165, 1.54) is 0 Å². The molecule has 2 unspecified atom stereocenters.